The van der Waals surface area contributed by atoms with Gasteiger partial charge in [-0.1, -0.05) is 19.0 Å². The highest BCUT2D eigenvalue weighted by Crippen LogP contribution is 2.30. The van der Waals surface area contributed by atoms with Crippen molar-refractivity contribution in [3.05, 3.63) is 11.7 Å². The lowest BCUT2D eigenvalue weighted by atomic mass is 9.98. The van der Waals surface area contributed by atoms with Crippen LogP contribution in [0.25, 0.3) is 0 Å². The third-order valence-electron chi connectivity index (χ3n) is 4.69. The zero-order valence-electron chi connectivity index (χ0n) is 12.6. The zero-order chi connectivity index (χ0) is 13.9. The molecule has 2 unspecified atom stereocenters. The molecule has 0 aliphatic carbocycles. The summed E-state index contributed by atoms with van der Waals surface area (Å²) in [4.78, 5) is 7.01. The van der Waals surface area contributed by atoms with E-state index in [0.29, 0.717) is 6.04 Å². The normalized spacial score (nSPS) is 29.2. The van der Waals surface area contributed by atoms with Crippen LogP contribution >= 0.6 is 0 Å². The van der Waals surface area contributed by atoms with Crippen LogP contribution in [0, 0.1) is 0 Å². The van der Waals surface area contributed by atoms with E-state index < -0.39 is 0 Å². The Morgan fingerprint density at radius 1 is 1.25 bits per heavy atom. The molecule has 0 amide bonds. The maximum Gasteiger partial charge on any atom is 0.240 e. The molecule has 2 aliphatic heterocycles. The molecule has 5 heteroatoms. The maximum absolute atomic E-state index is 5.39. The smallest absolute Gasteiger partial charge is 0.240 e. The van der Waals surface area contributed by atoms with Gasteiger partial charge in [-0.3, -0.25) is 4.90 Å². The Hall–Kier alpha value is -0.940. The van der Waals surface area contributed by atoms with Crippen LogP contribution in [0.15, 0.2) is 4.52 Å². The van der Waals surface area contributed by atoms with Crippen molar-refractivity contribution in [3.8, 4) is 0 Å². The highest BCUT2D eigenvalue weighted by Gasteiger charge is 2.35. The van der Waals surface area contributed by atoms with Gasteiger partial charge >= 0.3 is 0 Å². The van der Waals surface area contributed by atoms with Crippen LogP contribution in [0.1, 0.15) is 57.7 Å². The minimum absolute atomic E-state index is 0.667. The molecule has 2 fully saturated rings. The number of aromatic nitrogens is 2. The Morgan fingerprint density at radius 3 is 2.65 bits per heavy atom. The van der Waals surface area contributed by atoms with Gasteiger partial charge in [0.05, 0.1) is 6.54 Å². The number of piperidine rings is 1. The Balaban J connectivity index is 1.61. The summed E-state index contributed by atoms with van der Waals surface area (Å²) in [6.07, 6.45) is 7.20. The second kappa shape index (κ2) is 6.22. The largest absolute Gasteiger partial charge is 0.338 e. The molecule has 0 saturated carbocycles. The van der Waals surface area contributed by atoms with Crippen LogP contribution in [-0.2, 0) is 13.0 Å². The quantitative estimate of drug-likeness (QED) is 0.864. The molecule has 2 atom stereocenters. The fourth-order valence-corrected chi connectivity index (χ4v) is 3.68. The van der Waals surface area contributed by atoms with Crippen molar-refractivity contribution in [2.45, 2.75) is 77.0 Å². The van der Waals surface area contributed by atoms with Crippen molar-refractivity contribution in [2.24, 2.45) is 0 Å². The Bertz CT molecular complexity index is 421. The molecule has 0 spiro atoms. The number of hydrogen-bond acceptors (Lipinski definition) is 5. The minimum atomic E-state index is 0.667. The van der Waals surface area contributed by atoms with Crippen molar-refractivity contribution in [1.82, 2.24) is 20.4 Å². The SMILES string of the molecule is CCCc1noc(CN(CC)C2CC3CCC(C2)N3)n1. The van der Waals surface area contributed by atoms with E-state index in [2.05, 4.69) is 34.2 Å². The first kappa shape index (κ1) is 14.0. The Kier molecular flexibility index (Phi) is 4.36. The standard InChI is InChI=1S/C15H26N4O/c1-3-5-14-17-15(20-18-14)10-19(4-2)13-8-11-6-7-12(9-13)16-11/h11-13,16H,3-10H2,1-2H3. The van der Waals surface area contributed by atoms with Gasteiger partial charge in [0.1, 0.15) is 0 Å². The van der Waals surface area contributed by atoms with Gasteiger partial charge < -0.3 is 9.84 Å². The topological polar surface area (TPSA) is 54.2 Å². The number of nitrogens with zero attached hydrogens (tertiary/aromatic N) is 3. The van der Waals surface area contributed by atoms with Crippen molar-refractivity contribution in [1.29, 1.82) is 0 Å². The second-order valence-corrected chi connectivity index (χ2v) is 6.18. The summed E-state index contributed by atoms with van der Waals surface area (Å²) in [7, 11) is 0. The number of hydrogen-bond donors (Lipinski definition) is 1. The summed E-state index contributed by atoms with van der Waals surface area (Å²) >= 11 is 0. The van der Waals surface area contributed by atoms with Gasteiger partial charge in [-0.2, -0.15) is 4.98 Å². The fraction of sp³-hybridized carbons (Fsp3) is 0.867. The lowest BCUT2D eigenvalue weighted by Crippen LogP contribution is -2.47. The highest BCUT2D eigenvalue weighted by atomic mass is 16.5. The summed E-state index contributed by atoms with van der Waals surface area (Å²) in [5, 5.41) is 7.76. The van der Waals surface area contributed by atoms with Crippen LogP contribution in [0.3, 0.4) is 0 Å². The van der Waals surface area contributed by atoms with Gasteiger partial charge in [-0.25, -0.2) is 0 Å². The van der Waals surface area contributed by atoms with Gasteiger partial charge in [-0.05, 0) is 38.6 Å². The molecule has 1 aromatic heterocycles. The highest BCUT2D eigenvalue weighted by molar-refractivity contribution is 4.96. The molecule has 3 heterocycles. The van der Waals surface area contributed by atoms with Crippen LogP contribution in [0.4, 0.5) is 0 Å². The summed E-state index contributed by atoms with van der Waals surface area (Å²) in [5.74, 6) is 1.63. The molecular formula is C15H26N4O. The second-order valence-electron chi connectivity index (χ2n) is 6.18. The average Bonchev–Trinajstić information content (AvgIpc) is 3.03. The lowest BCUT2D eigenvalue weighted by molar-refractivity contribution is 0.126. The van der Waals surface area contributed by atoms with Gasteiger partial charge in [0.15, 0.2) is 5.82 Å². The van der Waals surface area contributed by atoms with Gasteiger partial charge in [-0.15, -0.1) is 0 Å². The van der Waals surface area contributed by atoms with Gasteiger partial charge in [0, 0.05) is 24.5 Å². The minimum Gasteiger partial charge on any atom is -0.338 e. The first-order chi connectivity index (χ1) is 9.78. The van der Waals surface area contributed by atoms with E-state index in [-0.39, 0.29) is 0 Å². The summed E-state index contributed by atoms with van der Waals surface area (Å²) in [6, 6.07) is 2.12. The number of aryl methyl sites for hydroxylation is 1. The molecule has 5 nitrogen and oxygen atoms in total. The van der Waals surface area contributed by atoms with E-state index >= 15 is 0 Å². The molecule has 3 rings (SSSR count). The van der Waals surface area contributed by atoms with E-state index in [1.165, 1.54) is 25.7 Å². The molecule has 0 radical (unpaired) electrons. The summed E-state index contributed by atoms with van der Waals surface area (Å²) in [6.45, 7) is 6.22. The average molecular weight is 278 g/mol. The van der Waals surface area contributed by atoms with E-state index in [1.807, 2.05) is 0 Å². The van der Waals surface area contributed by atoms with E-state index in [4.69, 9.17) is 4.52 Å². The van der Waals surface area contributed by atoms with E-state index in [9.17, 15) is 0 Å². The fourth-order valence-electron chi connectivity index (χ4n) is 3.68. The predicted molar refractivity (Wildman–Crippen MR) is 77.3 cm³/mol. The van der Waals surface area contributed by atoms with E-state index in [1.54, 1.807) is 0 Å². The van der Waals surface area contributed by atoms with Crippen molar-refractivity contribution in [2.75, 3.05) is 6.54 Å². The van der Waals surface area contributed by atoms with Crippen LogP contribution < -0.4 is 5.32 Å². The third kappa shape index (κ3) is 3.04. The Labute approximate surface area is 121 Å². The van der Waals surface area contributed by atoms with E-state index in [0.717, 1.165) is 49.7 Å². The van der Waals surface area contributed by atoms with Crippen molar-refractivity contribution in [3.63, 3.8) is 0 Å². The van der Waals surface area contributed by atoms with Crippen molar-refractivity contribution < 1.29 is 4.52 Å². The molecule has 0 aromatic carbocycles. The zero-order valence-corrected chi connectivity index (χ0v) is 12.6. The molecule has 20 heavy (non-hydrogen) atoms. The molecule has 112 valence electrons. The van der Waals surface area contributed by atoms with Crippen LogP contribution in [-0.4, -0.2) is 39.7 Å². The lowest BCUT2D eigenvalue weighted by Gasteiger charge is -2.36. The summed E-state index contributed by atoms with van der Waals surface area (Å²) in [5.41, 5.74) is 0. The molecule has 2 bridgehead atoms. The van der Waals surface area contributed by atoms with Gasteiger partial charge in [0.2, 0.25) is 5.89 Å². The monoisotopic (exact) mass is 278 g/mol. The third-order valence-corrected chi connectivity index (χ3v) is 4.69. The van der Waals surface area contributed by atoms with Crippen LogP contribution in [0.2, 0.25) is 0 Å². The first-order valence-electron chi connectivity index (χ1n) is 8.10. The molecular weight excluding hydrogens is 252 g/mol. The molecule has 1 N–H and O–H groups in total. The Morgan fingerprint density at radius 2 is 2.00 bits per heavy atom. The molecule has 2 saturated heterocycles. The summed E-state index contributed by atoms with van der Waals surface area (Å²) < 4.78 is 5.39. The van der Waals surface area contributed by atoms with Gasteiger partial charge in [0.25, 0.3) is 0 Å². The molecule has 2 aliphatic rings. The van der Waals surface area contributed by atoms with Crippen LogP contribution in [0.5, 0.6) is 0 Å². The number of fused-ring (bicyclic) bond motifs is 2. The van der Waals surface area contributed by atoms with Crippen molar-refractivity contribution >= 4 is 0 Å². The number of rotatable bonds is 6. The molecule has 1 aromatic rings. The predicted octanol–water partition coefficient (Wildman–Crippen LogP) is 2.13. The number of nitrogens with one attached hydrogen (secondary N) is 1. The maximum atomic E-state index is 5.39. The first-order valence-corrected chi connectivity index (χ1v) is 8.10.